The summed E-state index contributed by atoms with van der Waals surface area (Å²) in [5, 5.41) is 12.9. The topological polar surface area (TPSA) is 76.5 Å². The molecule has 84 valence electrons. The van der Waals surface area contributed by atoms with E-state index in [0.717, 1.165) is 0 Å². The maximum atomic E-state index is 10.8. The maximum Gasteiger partial charge on any atom is 0.375 e. The number of hydrogen-bond acceptors (Lipinski definition) is 4. The second kappa shape index (κ2) is 4.42. The van der Waals surface area contributed by atoms with Crippen molar-refractivity contribution in [2.75, 3.05) is 0 Å². The summed E-state index contributed by atoms with van der Waals surface area (Å²) >= 11 is 6.35. The zero-order valence-corrected chi connectivity index (χ0v) is 10.9. The number of aromatic nitrogens is 1. The van der Waals surface area contributed by atoms with Gasteiger partial charge in [-0.3, -0.25) is 0 Å². The van der Waals surface area contributed by atoms with E-state index in [1.807, 2.05) is 0 Å². The minimum Gasteiger partial charge on any atom is -0.475 e. The van der Waals surface area contributed by atoms with Gasteiger partial charge < -0.3 is 14.0 Å². The van der Waals surface area contributed by atoms with Crippen molar-refractivity contribution in [3.05, 3.63) is 28.1 Å². The summed E-state index contributed by atoms with van der Waals surface area (Å²) in [6, 6.07) is 3.38. The van der Waals surface area contributed by atoms with Crippen LogP contribution in [0.25, 0.3) is 11.5 Å². The first kappa shape index (κ1) is 11.4. The summed E-state index contributed by atoms with van der Waals surface area (Å²) in [5.41, 5.74) is 0.842. The molecule has 2 aromatic heterocycles. The van der Waals surface area contributed by atoms with E-state index >= 15 is 0 Å². The van der Waals surface area contributed by atoms with Crippen LogP contribution in [0.1, 0.15) is 16.1 Å². The number of carboxylic acid groups (broad SMARTS) is 1. The van der Waals surface area contributed by atoms with Crippen LogP contribution in [0.2, 0.25) is 0 Å². The number of furan rings is 1. The number of carbonyl (C=O) groups is 1. The Bertz CT molecular complexity index is 531. The molecule has 16 heavy (non-hydrogen) atoms. The highest BCUT2D eigenvalue weighted by molar-refractivity contribution is 9.10. The van der Waals surface area contributed by atoms with Gasteiger partial charge in [-0.05, 0) is 28.1 Å². The van der Waals surface area contributed by atoms with Crippen molar-refractivity contribution in [3.63, 3.8) is 0 Å². The van der Waals surface area contributed by atoms with Gasteiger partial charge in [0.15, 0.2) is 16.1 Å². The number of aromatic carboxylic acids is 1. The zero-order chi connectivity index (χ0) is 11.7. The van der Waals surface area contributed by atoms with E-state index in [1.54, 1.807) is 12.1 Å². The molecule has 1 N–H and O–H groups in total. The molecule has 2 rings (SSSR count). The molecule has 0 aliphatic heterocycles. The molecule has 0 aliphatic rings. The Morgan fingerprint density at radius 3 is 2.75 bits per heavy atom. The number of nitrogens with zero attached hydrogens (tertiary/aromatic N) is 1. The monoisotopic (exact) mass is 349 g/mol. The second-order valence-electron chi connectivity index (χ2n) is 2.88. The lowest BCUT2D eigenvalue weighted by atomic mass is 10.2. The molecule has 2 heterocycles. The van der Waals surface area contributed by atoms with Gasteiger partial charge in [-0.1, -0.05) is 21.1 Å². The van der Waals surface area contributed by atoms with E-state index in [0.29, 0.717) is 27.0 Å². The first-order valence-corrected chi connectivity index (χ1v) is 6.08. The van der Waals surface area contributed by atoms with Gasteiger partial charge in [-0.15, -0.1) is 0 Å². The second-order valence-corrected chi connectivity index (χ2v) is 4.22. The van der Waals surface area contributed by atoms with Crippen molar-refractivity contribution in [3.8, 4) is 11.5 Å². The van der Waals surface area contributed by atoms with Crippen molar-refractivity contribution in [2.24, 2.45) is 0 Å². The fourth-order valence-electron chi connectivity index (χ4n) is 1.24. The van der Waals surface area contributed by atoms with Crippen molar-refractivity contribution in [2.45, 2.75) is 5.33 Å². The van der Waals surface area contributed by atoms with E-state index in [4.69, 9.17) is 14.0 Å². The normalized spacial score (nSPS) is 10.6. The van der Waals surface area contributed by atoms with Crippen molar-refractivity contribution in [1.82, 2.24) is 5.16 Å². The molecule has 0 unspecified atom stereocenters. The lowest BCUT2D eigenvalue weighted by Gasteiger charge is -1.93. The van der Waals surface area contributed by atoms with Gasteiger partial charge >= 0.3 is 5.97 Å². The lowest BCUT2D eigenvalue weighted by Crippen LogP contribution is -1.97. The summed E-state index contributed by atoms with van der Waals surface area (Å²) in [7, 11) is 0. The predicted octanol–water partition coefficient (Wildman–Crippen LogP) is 3.29. The van der Waals surface area contributed by atoms with Crippen molar-refractivity contribution >= 4 is 37.8 Å². The van der Waals surface area contributed by atoms with E-state index in [-0.39, 0.29) is 5.76 Å². The quantitative estimate of drug-likeness (QED) is 0.859. The van der Waals surface area contributed by atoms with Gasteiger partial charge in [-0.2, -0.15) is 0 Å². The third-order valence-corrected chi connectivity index (χ3v) is 2.91. The minimum atomic E-state index is -1.15. The molecular formula is C9H5Br2NO4. The molecule has 0 saturated heterocycles. The Balaban J connectivity index is 2.53. The Kier molecular flexibility index (Phi) is 3.15. The Hall–Kier alpha value is -1.08. The van der Waals surface area contributed by atoms with Crippen molar-refractivity contribution in [1.29, 1.82) is 0 Å². The number of alkyl halides is 1. The summed E-state index contributed by atoms with van der Waals surface area (Å²) in [4.78, 5) is 10.8. The average Bonchev–Trinajstić information content (AvgIpc) is 2.82. The number of rotatable bonds is 3. The average molecular weight is 351 g/mol. The molecule has 0 aliphatic carbocycles. The molecular weight excluding hydrogens is 346 g/mol. The zero-order valence-electron chi connectivity index (χ0n) is 7.74. The van der Waals surface area contributed by atoms with Crippen LogP contribution >= 0.6 is 31.9 Å². The van der Waals surface area contributed by atoms with E-state index in [9.17, 15) is 4.79 Å². The van der Waals surface area contributed by atoms with Crippen LogP contribution in [0.15, 0.2) is 25.7 Å². The van der Waals surface area contributed by atoms with Crippen LogP contribution in [0, 0.1) is 0 Å². The Morgan fingerprint density at radius 2 is 2.25 bits per heavy atom. The molecule has 0 aromatic carbocycles. The third-order valence-electron chi connectivity index (χ3n) is 1.92. The predicted molar refractivity (Wildman–Crippen MR) is 61.5 cm³/mol. The van der Waals surface area contributed by atoms with Crippen LogP contribution in [0.5, 0.6) is 0 Å². The molecule has 0 saturated carbocycles. The minimum absolute atomic E-state index is 0.181. The molecule has 0 radical (unpaired) electrons. The summed E-state index contributed by atoms with van der Waals surface area (Å²) in [6.07, 6.45) is 0. The number of carboxylic acids is 1. The molecule has 0 amide bonds. The van der Waals surface area contributed by atoms with Gasteiger partial charge in [0.1, 0.15) is 0 Å². The van der Waals surface area contributed by atoms with Crippen LogP contribution in [-0.4, -0.2) is 16.2 Å². The van der Waals surface area contributed by atoms with Crippen LogP contribution in [0.3, 0.4) is 0 Å². The maximum absolute atomic E-state index is 10.8. The van der Waals surface area contributed by atoms with Crippen molar-refractivity contribution < 1.29 is 18.8 Å². The van der Waals surface area contributed by atoms with Crippen LogP contribution in [-0.2, 0) is 5.33 Å². The molecule has 5 nitrogen and oxygen atoms in total. The molecule has 7 heteroatoms. The lowest BCUT2D eigenvalue weighted by molar-refractivity contribution is 0.0651. The summed E-state index contributed by atoms with van der Waals surface area (Å²) in [6.45, 7) is 0. The first-order chi connectivity index (χ1) is 7.63. The summed E-state index contributed by atoms with van der Waals surface area (Å²) in [5.74, 6) is -0.879. The molecule has 0 spiro atoms. The smallest absolute Gasteiger partial charge is 0.375 e. The molecule has 0 atom stereocenters. The van der Waals surface area contributed by atoms with Gasteiger partial charge in [0.25, 0.3) is 0 Å². The Morgan fingerprint density at radius 1 is 1.50 bits per heavy atom. The van der Waals surface area contributed by atoms with Crippen LogP contribution < -0.4 is 0 Å². The van der Waals surface area contributed by atoms with Gasteiger partial charge in [-0.25, -0.2) is 4.79 Å². The molecule has 0 fully saturated rings. The fraction of sp³-hybridized carbons (Fsp3) is 0.111. The summed E-state index contributed by atoms with van der Waals surface area (Å²) < 4.78 is 10.6. The highest BCUT2D eigenvalue weighted by atomic mass is 79.9. The highest BCUT2D eigenvalue weighted by Gasteiger charge is 2.23. The third kappa shape index (κ3) is 1.92. The van der Waals surface area contributed by atoms with Gasteiger partial charge in [0.05, 0.1) is 0 Å². The Labute approximate surface area is 107 Å². The first-order valence-electron chi connectivity index (χ1n) is 4.17. The van der Waals surface area contributed by atoms with Gasteiger partial charge in [0.2, 0.25) is 5.76 Å². The standard InChI is InChI=1S/C9H5Br2NO4/c10-3-4-7(5-1-2-6(11)15-5)12-16-8(4)9(13)14/h1-2H,3H2,(H,13,14). The molecule has 2 aromatic rings. The van der Waals surface area contributed by atoms with Gasteiger partial charge in [0, 0.05) is 10.9 Å². The number of halogens is 2. The van der Waals surface area contributed by atoms with E-state index in [1.165, 1.54) is 0 Å². The highest BCUT2D eigenvalue weighted by Crippen LogP contribution is 2.30. The van der Waals surface area contributed by atoms with Crippen LogP contribution in [0.4, 0.5) is 0 Å². The number of hydrogen-bond donors (Lipinski definition) is 1. The SMILES string of the molecule is O=C(O)c1onc(-c2ccc(Br)o2)c1CBr. The van der Waals surface area contributed by atoms with E-state index < -0.39 is 5.97 Å². The largest absolute Gasteiger partial charge is 0.475 e. The van der Waals surface area contributed by atoms with E-state index in [2.05, 4.69) is 37.0 Å². The molecule has 0 bridgehead atoms. The fourth-order valence-corrected chi connectivity index (χ4v) is 2.06.